The number of aromatic nitrogens is 2. The molecule has 2 N–H and O–H groups in total. The van der Waals surface area contributed by atoms with Crippen LogP contribution in [0.1, 0.15) is 73.4 Å². The molecular weight excluding hydrogens is 477 g/mol. The van der Waals surface area contributed by atoms with E-state index in [1.807, 2.05) is 17.9 Å². The number of halogens is 3. The van der Waals surface area contributed by atoms with Gasteiger partial charge < -0.3 is 24.7 Å². The van der Waals surface area contributed by atoms with Crippen molar-refractivity contribution in [2.45, 2.75) is 71.4 Å². The first-order valence-corrected chi connectivity index (χ1v) is 12.0. The number of rotatable bonds is 7. The van der Waals surface area contributed by atoms with Gasteiger partial charge in [0.2, 0.25) is 0 Å². The minimum Gasteiger partial charge on any atom is -0.456 e. The van der Waals surface area contributed by atoms with Gasteiger partial charge in [-0.05, 0) is 58.7 Å². The Balaban J connectivity index is 1.72. The SMILES string of the molecule is CCOC1CN(c2cccc(C(=O)OC(C)(C)C)c2)CCC1NC(=O)c1nc(C(F)(F)F)c(CC)[nH]1. The van der Waals surface area contributed by atoms with Gasteiger partial charge in [0.05, 0.1) is 17.7 Å². The van der Waals surface area contributed by atoms with Crippen molar-refractivity contribution in [2.24, 2.45) is 0 Å². The third-order valence-electron chi connectivity index (χ3n) is 5.72. The molecule has 0 radical (unpaired) electrons. The molecule has 2 heterocycles. The second-order valence-corrected chi connectivity index (χ2v) is 9.62. The molecule has 8 nitrogen and oxygen atoms in total. The van der Waals surface area contributed by atoms with E-state index < -0.39 is 41.5 Å². The smallest absolute Gasteiger partial charge is 0.435 e. The molecule has 1 saturated heterocycles. The third kappa shape index (κ3) is 6.77. The number of carbonyl (C=O) groups is 2. The first-order valence-electron chi connectivity index (χ1n) is 12.0. The summed E-state index contributed by atoms with van der Waals surface area (Å²) in [6.45, 7) is 10.1. The van der Waals surface area contributed by atoms with Crippen LogP contribution in [0.3, 0.4) is 0 Å². The van der Waals surface area contributed by atoms with Gasteiger partial charge >= 0.3 is 12.1 Å². The number of aryl methyl sites for hydroxylation is 1. The van der Waals surface area contributed by atoms with Crippen LogP contribution < -0.4 is 10.2 Å². The molecule has 2 aromatic rings. The number of piperidine rings is 1. The lowest BCUT2D eigenvalue weighted by Gasteiger charge is -2.39. The lowest BCUT2D eigenvalue weighted by Crippen LogP contribution is -2.55. The Morgan fingerprint density at radius 2 is 1.94 bits per heavy atom. The van der Waals surface area contributed by atoms with Gasteiger partial charge in [-0.2, -0.15) is 13.2 Å². The Morgan fingerprint density at radius 1 is 1.22 bits per heavy atom. The van der Waals surface area contributed by atoms with Crippen molar-refractivity contribution >= 4 is 17.6 Å². The van der Waals surface area contributed by atoms with Crippen molar-refractivity contribution in [2.75, 3.05) is 24.6 Å². The topological polar surface area (TPSA) is 96.6 Å². The van der Waals surface area contributed by atoms with Gasteiger partial charge in [0.1, 0.15) is 5.60 Å². The largest absolute Gasteiger partial charge is 0.456 e. The lowest BCUT2D eigenvalue weighted by molar-refractivity contribution is -0.141. The number of carbonyl (C=O) groups excluding carboxylic acids is 2. The zero-order valence-corrected chi connectivity index (χ0v) is 21.2. The fourth-order valence-electron chi connectivity index (χ4n) is 4.11. The highest BCUT2D eigenvalue weighted by Gasteiger charge is 2.38. The Labute approximate surface area is 208 Å². The van der Waals surface area contributed by atoms with Crippen molar-refractivity contribution in [3.8, 4) is 0 Å². The molecule has 1 amide bonds. The van der Waals surface area contributed by atoms with Crippen LogP contribution >= 0.6 is 0 Å². The number of hydrogen-bond acceptors (Lipinski definition) is 6. The van der Waals surface area contributed by atoms with Crippen molar-refractivity contribution in [3.63, 3.8) is 0 Å². The summed E-state index contributed by atoms with van der Waals surface area (Å²) in [7, 11) is 0. The van der Waals surface area contributed by atoms with Gasteiger partial charge in [0.15, 0.2) is 11.5 Å². The Hall–Kier alpha value is -3.08. The van der Waals surface area contributed by atoms with Gasteiger partial charge in [-0.1, -0.05) is 13.0 Å². The predicted octanol–water partition coefficient (Wildman–Crippen LogP) is 4.36. The number of hydrogen-bond donors (Lipinski definition) is 2. The Bertz CT molecular complexity index is 1080. The average Bonchev–Trinajstić information content (AvgIpc) is 3.25. The van der Waals surface area contributed by atoms with E-state index in [1.165, 1.54) is 0 Å². The number of alkyl halides is 3. The maximum atomic E-state index is 13.2. The number of imidazole rings is 1. The Morgan fingerprint density at radius 3 is 2.53 bits per heavy atom. The van der Waals surface area contributed by atoms with Gasteiger partial charge in [-0.25, -0.2) is 9.78 Å². The van der Waals surface area contributed by atoms with Crippen molar-refractivity contribution in [1.82, 2.24) is 15.3 Å². The number of H-pyrrole nitrogens is 1. The van der Waals surface area contributed by atoms with E-state index in [2.05, 4.69) is 15.3 Å². The number of nitrogens with zero attached hydrogens (tertiary/aromatic N) is 2. The summed E-state index contributed by atoms with van der Waals surface area (Å²) in [5.74, 6) is -1.51. The second-order valence-electron chi connectivity index (χ2n) is 9.62. The molecule has 36 heavy (non-hydrogen) atoms. The van der Waals surface area contributed by atoms with Gasteiger partial charge in [-0.3, -0.25) is 4.79 Å². The summed E-state index contributed by atoms with van der Waals surface area (Å²) < 4.78 is 51.0. The summed E-state index contributed by atoms with van der Waals surface area (Å²) in [5.41, 5.74) is -0.585. The van der Waals surface area contributed by atoms with Crippen LogP contribution in [-0.4, -0.2) is 59.3 Å². The quantitative estimate of drug-likeness (QED) is 0.538. The molecule has 198 valence electrons. The fourth-order valence-corrected chi connectivity index (χ4v) is 4.11. The molecule has 1 aromatic carbocycles. The number of esters is 1. The van der Waals surface area contributed by atoms with Gasteiger partial charge in [0.25, 0.3) is 5.91 Å². The standard InChI is InChI=1S/C25H33F3N4O4/c1-6-17-20(25(26,27)28)31-21(29-17)22(33)30-18-11-12-32(14-19(18)35-7-2)16-10-8-9-15(13-16)23(34)36-24(3,4)5/h8-10,13,18-19H,6-7,11-12,14H2,1-5H3,(H,29,31)(H,30,33). The van der Waals surface area contributed by atoms with E-state index in [4.69, 9.17) is 9.47 Å². The molecule has 1 fully saturated rings. The molecule has 0 aliphatic carbocycles. The highest BCUT2D eigenvalue weighted by Crippen LogP contribution is 2.31. The fraction of sp³-hybridized carbons (Fsp3) is 0.560. The lowest BCUT2D eigenvalue weighted by atomic mass is 10.00. The second kappa shape index (κ2) is 10.9. The highest BCUT2D eigenvalue weighted by molar-refractivity contribution is 5.91. The van der Waals surface area contributed by atoms with E-state index in [-0.39, 0.29) is 17.9 Å². The molecule has 11 heteroatoms. The number of anilines is 1. The third-order valence-corrected chi connectivity index (χ3v) is 5.72. The van der Waals surface area contributed by atoms with Gasteiger partial charge in [0, 0.05) is 31.1 Å². The molecule has 0 bridgehead atoms. The predicted molar refractivity (Wildman–Crippen MR) is 128 cm³/mol. The normalized spacial score (nSPS) is 18.7. The molecule has 2 unspecified atom stereocenters. The number of benzene rings is 1. The minimum absolute atomic E-state index is 0.0669. The van der Waals surface area contributed by atoms with Crippen LogP contribution in [0.25, 0.3) is 0 Å². The van der Waals surface area contributed by atoms with E-state index in [1.54, 1.807) is 45.9 Å². The summed E-state index contributed by atoms with van der Waals surface area (Å²) >= 11 is 0. The highest BCUT2D eigenvalue weighted by atomic mass is 19.4. The Kier molecular flexibility index (Phi) is 8.33. The van der Waals surface area contributed by atoms with E-state index in [0.717, 1.165) is 5.69 Å². The molecule has 1 aliphatic heterocycles. The minimum atomic E-state index is -4.65. The number of amides is 1. The van der Waals surface area contributed by atoms with Crippen molar-refractivity contribution < 1.29 is 32.2 Å². The first-order chi connectivity index (χ1) is 16.8. The zero-order valence-electron chi connectivity index (χ0n) is 21.2. The first kappa shape index (κ1) is 27.5. The molecule has 0 saturated carbocycles. The maximum absolute atomic E-state index is 13.2. The number of ether oxygens (including phenoxy) is 2. The van der Waals surface area contributed by atoms with Crippen molar-refractivity contribution in [1.29, 1.82) is 0 Å². The van der Waals surface area contributed by atoms with E-state index in [0.29, 0.717) is 31.7 Å². The van der Waals surface area contributed by atoms with Crippen LogP contribution in [0.2, 0.25) is 0 Å². The van der Waals surface area contributed by atoms with Crippen LogP contribution in [0.15, 0.2) is 24.3 Å². The maximum Gasteiger partial charge on any atom is 0.435 e. The van der Waals surface area contributed by atoms with Gasteiger partial charge in [-0.15, -0.1) is 0 Å². The number of aromatic amines is 1. The summed E-state index contributed by atoms with van der Waals surface area (Å²) in [4.78, 5) is 33.3. The molecule has 2 atom stereocenters. The molecule has 1 aliphatic rings. The zero-order chi connectivity index (χ0) is 26.7. The molecule has 0 spiro atoms. The van der Waals surface area contributed by atoms with Crippen LogP contribution in [0.4, 0.5) is 18.9 Å². The number of nitrogens with one attached hydrogen (secondary N) is 2. The van der Waals surface area contributed by atoms with E-state index in [9.17, 15) is 22.8 Å². The monoisotopic (exact) mass is 510 g/mol. The van der Waals surface area contributed by atoms with E-state index >= 15 is 0 Å². The van der Waals surface area contributed by atoms with Crippen LogP contribution in [-0.2, 0) is 22.1 Å². The summed E-state index contributed by atoms with van der Waals surface area (Å²) in [6.07, 6.45) is -4.51. The molecular formula is C25H33F3N4O4. The molecule has 3 rings (SSSR count). The van der Waals surface area contributed by atoms with Crippen molar-refractivity contribution in [3.05, 3.63) is 47.0 Å². The van der Waals surface area contributed by atoms with Crippen LogP contribution in [0.5, 0.6) is 0 Å². The summed E-state index contributed by atoms with van der Waals surface area (Å²) in [5, 5.41) is 2.79. The average molecular weight is 511 g/mol. The molecule has 1 aromatic heterocycles. The summed E-state index contributed by atoms with van der Waals surface area (Å²) in [6, 6.07) is 6.67. The van der Waals surface area contributed by atoms with Crippen LogP contribution in [0, 0.1) is 0 Å².